The van der Waals surface area contributed by atoms with Gasteiger partial charge >= 0.3 is 5.97 Å². The Morgan fingerprint density at radius 2 is 1.78 bits per heavy atom. The first kappa shape index (κ1) is 21.3. The number of carbonyl (C=O) groups excluding carboxylic acids is 3. The molecule has 10 heteroatoms. The molecule has 2 N–H and O–H groups in total. The fourth-order valence-corrected chi connectivity index (χ4v) is 4.15. The molecule has 1 fully saturated rings. The lowest BCUT2D eigenvalue weighted by atomic mass is 10.1. The molecule has 0 bridgehead atoms. The van der Waals surface area contributed by atoms with Crippen molar-refractivity contribution in [2.75, 3.05) is 11.9 Å². The molecule has 4 rings (SSSR count). The Morgan fingerprint density at radius 1 is 1.06 bits per heavy atom. The molecule has 0 spiro atoms. The number of nitrogens with one attached hydrogen (secondary N) is 1. The number of aromatic nitrogens is 1. The number of carbonyl (C=O) groups is 4. The van der Waals surface area contributed by atoms with Gasteiger partial charge in [-0.25, -0.2) is 4.39 Å². The maximum atomic E-state index is 13.0. The molecular formula is C22H16FN3O5S. The number of anilines is 1. The van der Waals surface area contributed by atoms with Gasteiger partial charge in [0, 0.05) is 28.4 Å². The van der Waals surface area contributed by atoms with Gasteiger partial charge in [-0.05, 0) is 48.2 Å². The van der Waals surface area contributed by atoms with Crippen LogP contribution in [0.2, 0.25) is 0 Å². The number of thioether (sulfide) groups is 1. The zero-order valence-corrected chi connectivity index (χ0v) is 17.3. The number of aliphatic carboxylic acids is 1. The second-order valence-electron chi connectivity index (χ2n) is 6.95. The summed E-state index contributed by atoms with van der Waals surface area (Å²) in [6.45, 7) is -0.737. The van der Waals surface area contributed by atoms with Gasteiger partial charge in [-0.15, -0.1) is 0 Å². The minimum Gasteiger partial charge on any atom is -0.480 e. The highest BCUT2D eigenvalue weighted by molar-refractivity contribution is 8.18. The summed E-state index contributed by atoms with van der Waals surface area (Å²) < 4.78 is 14.5. The van der Waals surface area contributed by atoms with Crippen molar-refractivity contribution in [2.45, 2.75) is 6.54 Å². The second-order valence-corrected chi connectivity index (χ2v) is 7.94. The summed E-state index contributed by atoms with van der Waals surface area (Å²) in [4.78, 5) is 49.5. The summed E-state index contributed by atoms with van der Waals surface area (Å²) >= 11 is 0.702. The van der Waals surface area contributed by atoms with Gasteiger partial charge in [0.15, 0.2) is 0 Å². The summed E-state index contributed by atoms with van der Waals surface area (Å²) in [5.41, 5.74) is 1.60. The van der Waals surface area contributed by atoms with Crippen LogP contribution in [0.4, 0.5) is 14.9 Å². The third kappa shape index (κ3) is 4.40. The number of carboxylic acid groups (broad SMARTS) is 1. The third-order valence-electron chi connectivity index (χ3n) is 4.71. The quantitative estimate of drug-likeness (QED) is 0.553. The van der Waals surface area contributed by atoms with E-state index >= 15 is 0 Å². The Kier molecular flexibility index (Phi) is 5.78. The molecule has 1 aromatic heterocycles. The van der Waals surface area contributed by atoms with Crippen molar-refractivity contribution in [1.29, 1.82) is 0 Å². The number of rotatable bonds is 6. The van der Waals surface area contributed by atoms with E-state index in [4.69, 9.17) is 5.11 Å². The van der Waals surface area contributed by atoms with Crippen LogP contribution in [0, 0.1) is 5.82 Å². The molecule has 3 aromatic rings. The second kappa shape index (κ2) is 8.67. The average Bonchev–Trinajstić information content (AvgIpc) is 3.22. The topological polar surface area (TPSA) is 109 Å². The van der Waals surface area contributed by atoms with Crippen molar-refractivity contribution in [1.82, 2.24) is 9.47 Å². The first-order valence-corrected chi connectivity index (χ1v) is 10.2. The summed E-state index contributed by atoms with van der Waals surface area (Å²) in [7, 11) is 0. The minimum atomic E-state index is -1.01. The van der Waals surface area contributed by atoms with Crippen LogP contribution in [0.3, 0.4) is 0 Å². The number of nitrogens with zero attached hydrogens (tertiary/aromatic N) is 2. The van der Waals surface area contributed by atoms with Crippen LogP contribution >= 0.6 is 11.8 Å². The Labute approximate surface area is 185 Å². The monoisotopic (exact) mass is 453 g/mol. The molecule has 0 aliphatic carbocycles. The molecule has 1 aliphatic heterocycles. The number of para-hydroxylation sites is 1. The van der Waals surface area contributed by atoms with Gasteiger partial charge in [-0.2, -0.15) is 0 Å². The Balaban J connectivity index is 1.54. The SMILES string of the molecule is O=C(O)Cn1cc(/C=C2\SC(=O)N(CC(=O)Nc3ccc(F)cc3)C2=O)c2ccccc21. The smallest absolute Gasteiger partial charge is 0.323 e. The Hall–Kier alpha value is -3.92. The van der Waals surface area contributed by atoms with Gasteiger partial charge in [-0.3, -0.25) is 24.1 Å². The van der Waals surface area contributed by atoms with Crippen LogP contribution in [-0.4, -0.2) is 44.1 Å². The average molecular weight is 453 g/mol. The number of fused-ring (bicyclic) bond motifs is 1. The highest BCUT2D eigenvalue weighted by atomic mass is 32.2. The van der Waals surface area contributed by atoms with E-state index in [0.29, 0.717) is 28.5 Å². The number of carboxylic acids is 1. The van der Waals surface area contributed by atoms with Crippen LogP contribution in [0.1, 0.15) is 5.56 Å². The maximum Gasteiger partial charge on any atom is 0.323 e. The fourth-order valence-electron chi connectivity index (χ4n) is 3.32. The molecule has 0 unspecified atom stereocenters. The number of amides is 3. The van der Waals surface area contributed by atoms with Gasteiger partial charge in [0.25, 0.3) is 11.1 Å². The van der Waals surface area contributed by atoms with E-state index in [1.54, 1.807) is 35.0 Å². The molecule has 32 heavy (non-hydrogen) atoms. The van der Waals surface area contributed by atoms with Crippen LogP contribution < -0.4 is 5.32 Å². The van der Waals surface area contributed by atoms with E-state index in [-0.39, 0.29) is 11.4 Å². The highest BCUT2D eigenvalue weighted by Crippen LogP contribution is 2.34. The highest BCUT2D eigenvalue weighted by Gasteiger charge is 2.36. The molecule has 0 atom stereocenters. The van der Waals surface area contributed by atoms with Crippen molar-refractivity contribution in [3.63, 3.8) is 0 Å². The summed E-state index contributed by atoms with van der Waals surface area (Å²) in [6.07, 6.45) is 3.12. The van der Waals surface area contributed by atoms with E-state index in [1.807, 2.05) is 0 Å². The number of hydrogen-bond acceptors (Lipinski definition) is 5. The van der Waals surface area contributed by atoms with Gasteiger partial charge < -0.3 is 15.0 Å². The summed E-state index contributed by atoms with van der Waals surface area (Å²) in [5, 5.41) is 11.8. The first-order chi connectivity index (χ1) is 15.3. The number of halogens is 1. The minimum absolute atomic E-state index is 0.128. The number of imide groups is 1. The molecule has 3 amide bonds. The van der Waals surface area contributed by atoms with Crippen LogP contribution in [0.15, 0.2) is 59.6 Å². The van der Waals surface area contributed by atoms with E-state index in [2.05, 4.69) is 5.32 Å². The largest absolute Gasteiger partial charge is 0.480 e. The summed E-state index contributed by atoms with van der Waals surface area (Å²) in [5.74, 6) is -2.68. The molecule has 1 aliphatic rings. The normalized spacial score (nSPS) is 15.0. The van der Waals surface area contributed by atoms with Gasteiger partial charge in [0.2, 0.25) is 5.91 Å². The van der Waals surface area contributed by atoms with Crippen LogP contribution in [-0.2, 0) is 20.9 Å². The molecule has 0 saturated carbocycles. The molecule has 2 heterocycles. The Morgan fingerprint density at radius 3 is 2.50 bits per heavy atom. The molecule has 162 valence electrons. The number of hydrogen-bond donors (Lipinski definition) is 2. The van der Waals surface area contributed by atoms with Gasteiger partial charge in [0.05, 0.1) is 4.91 Å². The lowest BCUT2D eigenvalue weighted by Gasteiger charge is -2.12. The maximum absolute atomic E-state index is 13.0. The van der Waals surface area contributed by atoms with Crippen molar-refractivity contribution < 1.29 is 28.7 Å². The molecule has 0 radical (unpaired) electrons. The van der Waals surface area contributed by atoms with Gasteiger partial charge in [0.1, 0.15) is 18.9 Å². The van der Waals surface area contributed by atoms with Crippen molar-refractivity contribution >= 4 is 57.5 Å². The molecule has 1 saturated heterocycles. The number of benzene rings is 2. The zero-order valence-electron chi connectivity index (χ0n) is 16.4. The van der Waals surface area contributed by atoms with Crippen molar-refractivity contribution in [3.05, 3.63) is 71.0 Å². The van der Waals surface area contributed by atoms with Crippen molar-refractivity contribution in [3.8, 4) is 0 Å². The van der Waals surface area contributed by atoms with Crippen LogP contribution in [0.25, 0.3) is 17.0 Å². The lowest BCUT2D eigenvalue weighted by molar-refractivity contribution is -0.137. The van der Waals surface area contributed by atoms with E-state index < -0.39 is 35.4 Å². The van der Waals surface area contributed by atoms with Crippen molar-refractivity contribution in [2.24, 2.45) is 0 Å². The zero-order chi connectivity index (χ0) is 22.8. The van der Waals surface area contributed by atoms with Crippen LogP contribution in [0.5, 0.6) is 0 Å². The first-order valence-electron chi connectivity index (χ1n) is 9.42. The van der Waals surface area contributed by atoms with E-state index in [1.165, 1.54) is 30.3 Å². The van der Waals surface area contributed by atoms with E-state index in [0.717, 1.165) is 10.3 Å². The lowest BCUT2D eigenvalue weighted by Crippen LogP contribution is -2.36. The summed E-state index contributed by atoms with van der Waals surface area (Å²) in [6, 6.07) is 12.2. The predicted octanol–water partition coefficient (Wildman–Crippen LogP) is 3.54. The molecule has 2 aromatic carbocycles. The fraction of sp³-hybridized carbons (Fsp3) is 0.0909. The molecule has 8 nitrogen and oxygen atoms in total. The predicted molar refractivity (Wildman–Crippen MR) is 117 cm³/mol. The third-order valence-corrected chi connectivity index (χ3v) is 5.62. The van der Waals surface area contributed by atoms with E-state index in [9.17, 15) is 23.6 Å². The van der Waals surface area contributed by atoms with Gasteiger partial charge in [-0.1, -0.05) is 18.2 Å². The Bertz CT molecular complexity index is 1280. The standard InChI is InChI=1S/C22H16FN3O5S/c23-14-5-7-15(8-6-14)24-19(27)11-26-21(30)18(32-22(26)31)9-13-10-25(12-20(28)29)17-4-2-1-3-16(13)17/h1-10H,11-12H2,(H,24,27)(H,28,29)/b18-9-. The molecular weight excluding hydrogens is 437 g/mol.